The van der Waals surface area contributed by atoms with E-state index < -0.39 is 0 Å². The minimum Gasteiger partial charge on any atom is -0.396 e. The summed E-state index contributed by atoms with van der Waals surface area (Å²) in [6.45, 7) is 2.59. The summed E-state index contributed by atoms with van der Waals surface area (Å²) >= 11 is 0. The zero-order valence-corrected chi connectivity index (χ0v) is 13.7. The average molecular weight is 322 g/mol. The molecule has 128 valence electrons. The third kappa shape index (κ3) is 5.20. The van der Waals surface area contributed by atoms with Gasteiger partial charge in [0, 0.05) is 18.7 Å². The monoisotopic (exact) mass is 322 g/mol. The van der Waals surface area contributed by atoms with E-state index in [-0.39, 0.29) is 36.3 Å². The number of rotatable bonds is 7. The quantitative estimate of drug-likeness (QED) is 0.721. The van der Waals surface area contributed by atoms with Crippen LogP contribution >= 0.6 is 0 Å². The van der Waals surface area contributed by atoms with E-state index in [0.29, 0.717) is 18.5 Å². The molecule has 1 saturated carbocycles. The van der Waals surface area contributed by atoms with Crippen LogP contribution in [0.15, 0.2) is 24.3 Å². The molecule has 1 aromatic rings. The van der Waals surface area contributed by atoms with Gasteiger partial charge in [0.05, 0.1) is 6.04 Å². The van der Waals surface area contributed by atoms with Crippen molar-refractivity contribution < 1.29 is 14.3 Å². The fourth-order valence-electron chi connectivity index (χ4n) is 3.25. The minimum absolute atomic E-state index is 0.115. The molecule has 1 fully saturated rings. The number of benzene rings is 1. The summed E-state index contributed by atoms with van der Waals surface area (Å²) in [6, 6.07) is 6.12. The Morgan fingerprint density at radius 1 is 1.35 bits per heavy atom. The van der Waals surface area contributed by atoms with E-state index in [1.165, 1.54) is 6.07 Å². The molecule has 23 heavy (non-hydrogen) atoms. The normalized spacial score (nSPS) is 17.7. The summed E-state index contributed by atoms with van der Waals surface area (Å²) < 4.78 is 14.2. The van der Waals surface area contributed by atoms with Crippen LogP contribution in [0.3, 0.4) is 0 Å². The number of nitrogens with one attached hydrogen (secondary N) is 2. The van der Waals surface area contributed by atoms with Crippen molar-refractivity contribution in [3.8, 4) is 0 Å². The van der Waals surface area contributed by atoms with Gasteiger partial charge in [0.15, 0.2) is 0 Å². The van der Waals surface area contributed by atoms with Gasteiger partial charge in [0.1, 0.15) is 5.82 Å². The maximum Gasteiger partial charge on any atom is 0.315 e. The van der Waals surface area contributed by atoms with E-state index in [1.807, 2.05) is 13.0 Å². The van der Waals surface area contributed by atoms with Crippen LogP contribution in [0, 0.1) is 17.7 Å². The van der Waals surface area contributed by atoms with Crippen molar-refractivity contribution in [2.24, 2.45) is 11.8 Å². The average Bonchev–Trinajstić information content (AvgIpc) is 3.06. The molecule has 2 atom stereocenters. The molecule has 0 radical (unpaired) electrons. The van der Waals surface area contributed by atoms with Crippen LogP contribution in [0.2, 0.25) is 0 Å². The van der Waals surface area contributed by atoms with E-state index >= 15 is 0 Å². The molecule has 2 rings (SSSR count). The highest BCUT2D eigenvalue weighted by atomic mass is 19.1. The summed E-state index contributed by atoms with van der Waals surface area (Å²) in [5, 5.41) is 14.7. The van der Waals surface area contributed by atoms with Gasteiger partial charge in [-0.05, 0) is 37.2 Å². The van der Waals surface area contributed by atoms with Gasteiger partial charge in [-0.1, -0.05) is 38.0 Å². The molecule has 4 nitrogen and oxygen atoms in total. The molecule has 5 heteroatoms. The molecular weight excluding hydrogens is 295 g/mol. The molecule has 0 saturated heterocycles. The number of urea groups is 1. The highest BCUT2D eigenvalue weighted by molar-refractivity contribution is 5.74. The second kappa shape index (κ2) is 8.87. The Hall–Kier alpha value is -1.62. The van der Waals surface area contributed by atoms with Gasteiger partial charge in [0.25, 0.3) is 0 Å². The molecule has 0 heterocycles. The van der Waals surface area contributed by atoms with E-state index in [4.69, 9.17) is 5.11 Å². The second-order valence-electron chi connectivity index (χ2n) is 6.52. The van der Waals surface area contributed by atoms with Gasteiger partial charge < -0.3 is 15.7 Å². The lowest BCUT2D eigenvalue weighted by molar-refractivity contribution is 0.225. The molecule has 3 N–H and O–H groups in total. The van der Waals surface area contributed by atoms with Crippen molar-refractivity contribution >= 4 is 6.03 Å². The first-order valence-corrected chi connectivity index (χ1v) is 8.51. The molecule has 1 aliphatic rings. The van der Waals surface area contributed by atoms with Crippen LogP contribution in [0.5, 0.6) is 0 Å². The molecule has 1 aliphatic carbocycles. The van der Waals surface area contributed by atoms with Gasteiger partial charge in [0.2, 0.25) is 0 Å². The molecule has 2 unspecified atom stereocenters. The number of carbonyl (C=O) groups excluding carboxylic acids is 1. The largest absolute Gasteiger partial charge is 0.396 e. The lowest BCUT2D eigenvalue weighted by Gasteiger charge is -2.26. The molecule has 0 aliphatic heterocycles. The first kappa shape index (κ1) is 17.7. The standard InChI is InChI=1S/C18H27FN2O2/c1-13(10-11-22)12-20-18(23)21-17(14-6-2-3-7-14)15-8-4-5-9-16(15)19/h4-5,8-9,13-14,17,22H,2-3,6-7,10-12H2,1H3,(H2,20,21,23). The summed E-state index contributed by atoms with van der Waals surface area (Å²) in [6.07, 6.45) is 4.94. The van der Waals surface area contributed by atoms with Crippen molar-refractivity contribution in [3.05, 3.63) is 35.6 Å². The fraction of sp³-hybridized carbons (Fsp3) is 0.611. The van der Waals surface area contributed by atoms with Crippen molar-refractivity contribution in [1.29, 1.82) is 0 Å². The zero-order valence-electron chi connectivity index (χ0n) is 13.7. The van der Waals surface area contributed by atoms with Gasteiger partial charge in [-0.15, -0.1) is 0 Å². The molecule has 2 amide bonds. The van der Waals surface area contributed by atoms with Crippen LogP contribution < -0.4 is 10.6 Å². The molecule has 1 aromatic carbocycles. The number of carbonyl (C=O) groups is 1. The summed E-state index contributed by atoms with van der Waals surface area (Å²) in [5.41, 5.74) is 0.568. The van der Waals surface area contributed by atoms with Crippen molar-refractivity contribution in [2.75, 3.05) is 13.2 Å². The van der Waals surface area contributed by atoms with Crippen LogP contribution in [0.25, 0.3) is 0 Å². The first-order valence-electron chi connectivity index (χ1n) is 8.51. The predicted octanol–water partition coefficient (Wildman–Crippen LogP) is 3.37. The Kier molecular flexibility index (Phi) is 6.84. The Morgan fingerprint density at radius 2 is 2.04 bits per heavy atom. The van der Waals surface area contributed by atoms with Gasteiger partial charge in [-0.2, -0.15) is 0 Å². The fourth-order valence-corrected chi connectivity index (χ4v) is 3.25. The van der Waals surface area contributed by atoms with E-state index in [2.05, 4.69) is 10.6 Å². The van der Waals surface area contributed by atoms with Crippen molar-refractivity contribution in [2.45, 2.75) is 45.1 Å². The first-order chi connectivity index (χ1) is 11.1. The van der Waals surface area contributed by atoms with Crippen LogP contribution in [-0.4, -0.2) is 24.3 Å². The highest BCUT2D eigenvalue weighted by Gasteiger charge is 2.29. The van der Waals surface area contributed by atoms with Gasteiger partial charge in [-0.3, -0.25) is 0 Å². The van der Waals surface area contributed by atoms with Crippen LogP contribution in [-0.2, 0) is 0 Å². The predicted molar refractivity (Wildman–Crippen MR) is 88.5 cm³/mol. The smallest absolute Gasteiger partial charge is 0.315 e. The zero-order chi connectivity index (χ0) is 16.7. The molecule has 0 spiro atoms. The maximum absolute atomic E-state index is 14.2. The number of aliphatic hydroxyl groups excluding tert-OH is 1. The van der Waals surface area contributed by atoms with Crippen LogP contribution in [0.4, 0.5) is 9.18 Å². The number of hydrogen-bond donors (Lipinski definition) is 3. The Labute approximate surface area is 137 Å². The van der Waals surface area contributed by atoms with Crippen molar-refractivity contribution in [3.63, 3.8) is 0 Å². The topological polar surface area (TPSA) is 61.4 Å². The summed E-state index contributed by atoms with van der Waals surface area (Å²) in [5.74, 6) is 0.231. The van der Waals surface area contributed by atoms with E-state index in [1.54, 1.807) is 12.1 Å². The molecule has 0 bridgehead atoms. The Balaban J connectivity index is 2.00. The third-order valence-corrected chi connectivity index (χ3v) is 4.63. The van der Waals surface area contributed by atoms with E-state index in [9.17, 15) is 9.18 Å². The SMILES string of the molecule is CC(CCO)CNC(=O)NC(c1ccccc1F)C1CCCC1. The van der Waals surface area contributed by atoms with Gasteiger partial charge >= 0.3 is 6.03 Å². The lowest BCUT2D eigenvalue weighted by atomic mass is 9.91. The second-order valence-corrected chi connectivity index (χ2v) is 6.52. The minimum atomic E-state index is -0.285. The van der Waals surface area contributed by atoms with Gasteiger partial charge in [-0.25, -0.2) is 9.18 Å². The summed E-state index contributed by atoms with van der Waals surface area (Å²) in [7, 11) is 0. The number of halogens is 1. The van der Waals surface area contributed by atoms with E-state index in [0.717, 1.165) is 25.7 Å². The Morgan fingerprint density at radius 3 is 2.70 bits per heavy atom. The Bertz CT molecular complexity index is 504. The maximum atomic E-state index is 14.2. The number of amides is 2. The summed E-state index contributed by atoms with van der Waals surface area (Å²) in [4.78, 5) is 12.2. The lowest BCUT2D eigenvalue weighted by Crippen LogP contribution is -2.42. The number of aliphatic hydroxyl groups is 1. The highest BCUT2D eigenvalue weighted by Crippen LogP contribution is 2.36. The third-order valence-electron chi connectivity index (χ3n) is 4.63. The molecular formula is C18H27FN2O2. The van der Waals surface area contributed by atoms with Crippen LogP contribution in [0.1, 0.15) is 50.6 Å². The number of hydrogen-bond acceptors (Lipinski definition) is 2. The van der Waals surface area contributed by atoms with Crippen molar-refractivity contribution in [1.82, 2.24) is 10.6 Å². The molecule has 0 aromatic heterocycles.